The lowest BCUT2D eigenvalue weighted by molar-refractivity contribution is 0.805. The Balaban J connectivity index is 0.000000921. The fraction of sp³-hybridized carbons (Fsp3) is 0.429. The fourth-order valence-corrected chi connectivity index (χ4v) is 1.22. The van der Waals surface area contributed by atoms with E-state index in [1.807, 2.05) is 19.9 Å². The van der Waals surface area contributed by atoms with Gasteiger partial charge in [-0.25, -0.2) is 0 Å². The molecule has 0 heterocycles. The lowest BCUT2D eigenvalue weighted by atomic mass is 10.2. The minimum atomic E-state index is 0.920. The zero-order chi connectivity index (χ0) is 11.5. The summed E-state index contributed by atoms with van der Waals surface area (Å²) >= 11 is 0. The molecule has 0 fully saturated rings. The highest BCUT2D eigenvalue weighted by Crippen LogP contribution is 1.99. The summed E-state index contributed by atoms with van der Waals surface area (Å²) in [5, 5.41) is 3.36. The van der Waals surface area contributed by atoms with Gasteiger partial charge in [-0.1, -0.05) is 57.2 Å². The Bertz CT molecular complexity index is 262. The number of hydrogen-bond donors (Lipinski definition) is 1. The summed E-state index contributed by atoms with van der Waals surface area (Å²) in [4.78, 5) is 0. The molecule has 0 aliphatic heterocycles. The van der Waals surface area contributed by atoms with Crippen LogP contribution in [0.3, 0.4) is 0 Å². The van der Waals surface area contributed by atoms with Gasteiger partial charge in [-0.15, -0.1) is 0 Å². The van der Waals surface area contributed by atoms with E-state index >= 15 is 0 Å². The lowest BCUT2D eigenvalue weighted by Crippen LogP contribution is -2.09. The summed E-state index contributed by atoms with van der Waals surface area (Å²) in [6.45, 7) is 9.17. The maximum absolute atomic E-state index is 3.36. The molecule has 1 aromatic rings. The summed E-state index contributed by atoms with van der Waals surface area (Å²) < 4.78 is 0. The van der Waals surface area contributed by atoms with Crippen LogP contribution in [0.15, 0.2) is 42.1 Å². The number of rotatable bonds is 4. The second-order valence-corrected chi connectivity index (χ2v) is 3.13. The van der Waals surface area contributed by atoms with E-state index in [9.17, 15) is 0 Å². The van der Waals surface area contributed by atoms with Gasteiger partial charge in [-0.2, -0.15) is 0 Å². The Hall–Kier alpha value is -1.24. The van der Waals surface area contributed by atoms with Crippen molar-refractivity contribution >= 4 is 0 Å². The average molecular weight is 205 g/mol. The quantitative estimate of drug-likeness (QED) is 0.779. The average Bonchev–Trinajstić information content (AvgIpc) is 2.31. The van der Waals surface area contributed by atoms with Crippen LogP contribution in [0.5, 0.6) is 0 Å². The zero-order valence-electron chi connectivity index (χ0n) is 10.4. The molecule has 0 aliphatic carbocycles. The van der Waals surface area contributed by atoms with E-state index in [0.29, 0.717) is 0 Å². The molecule has 1 N–H and O–H groups in total. The minimum Gasteiger partial charge on any atom is -0.385 e. The summed E-state index contributed by atoms with van der Waals surface area (Å²) in [6.07, 6.45) is 3.29. The number of allylic oxidation sites excluding steroid dienone is 2. The smallest absolute Gasteiger partial charge is 0.0397 e. The minimum absolute atomic E-state index is 0.920. The normalized spacial score (nSPS) is 10.3. The largest absolute Gasteiger partial charge is 0.385 e. The Kier molecular flexibility index (Phi) is 8.55. The highest BCUT2D eigenvalue weighted by Gasteiger charge is 1.89. The number of benzene rings is 1. The molecule has 1 rings (SSSR count). The van der Waals surface area contributed by atoms with Crippen LogP contribution in [0.2, 0.25) is 0 Å². The molecule has 84 valence electrons. The zero-order valence-corrected chi connectivity index (χ0v) is 10.4. The van der Waals surface area contributed by atoms with Gasteiger partial charge in [0.1, 0.15) is 0 Å². The fourth-order valence-electron chi connectivity index (χ4n) is 1.22. The highest BCUT2D eigenvalue weighted by molar-refractivity contribution is 5.15. The van der Waals surface area contributed by atoms with Gasteiger partial charge >= 0.3 is 0 Å². The van der Waals surface area contributed by atoms with Crippen LogP contribution in [0.1, 0.15) is 39.7 Å². The van der Waals surface area contributed by atoms with Crippen LogP contribution < -0.4 is 5.32 Å². The van der Waals surface area contributed by atoms with E-state index in [-0.39, 0.29) is 0 Å². The first-order valence-corrected chi connectivity index (χ1v) is 5.77. The molecular formula is C14H23N. The van der Waals surface area contributed by atoms with Crippen molar-refractivity contribution in [3.63, 3.8) is 0 Å². The number of nitrogens with one attached hydrogen (secondary N) is 1. The van der Waals surface area contributed by atoms with E-state index in [1.165, 1.54) is 11.3 Å². The van der Waals surface area contributed by atoms with Crippen LogP contribution in [-0.4, -0.2) is 0 Å². The molecule has 0 radical (unpaired) electrons. The number of hydrogen-bond acceptors (Lipinski definition) is 1. The Labute approximate surface area is 94.2 Å². The molecule has 1 heteroatoms. The van der Waals surface area contributed by atoms with Crippen molar-refractivity contribution in [2.75, 3.05) is 0 Å². The van der Waals surface area contributed by atoms with Gasteiger partial charge in [0.2, 0.25) is 0 Å². The molecule has 0 unspecified atom stereocenters. The molecule has 1 nitrogen and oxygen atoms in total. The van der Waals surface area contributed by atoms with E-state index in [1.54, 1.807) is 0 Å². The van der Waals surface area contributed by atoms with Crippen molar-refractivity contribution in [3.05, 3.63) is 47.7 Å². The Morgan fingerprint density at radius 2 is 1.80 bits per heavy atom. The molecule has 0 aromatic heterocycles. The summed E-state index contributed by atoms with van der Waals surface area (Å²) in [6, 6.07) is 10.4. The van der Waals surface area contributed by atoms with Crippen LogP contribution in [0, 0.1) is 0 Å². The molecule has 0 spiro atoms. The van der Waals surface area contributed by atoms with E-state index in [4.69, 9.17) is 0 Å². The van der Waals surface area contributed by atoms with Crippen LogP contribution >= 0.6 is 0 Å². The van der Waals surface area contributed by atoms with Gasteiger partial charge in [0.25, 0.3) is 0 Å². The van der Waals surface area contributed by atoms with Gasteiger partial charge in [-0.3, -0.25) is 0 Å². The molecule has 1 aromatic carbocycles. The lowest BCUT2D eigenvalue weighted by Gasteiger charge is -2.05. The third-order valence-electron chi connectivity index (χ3n) is 1.92. The maximum atomic E-state index is 3.36. The first-order chi connectivity index (χ1) is 7.33. The topological polar surface area (TPSA) is 12.0 Å². The van der Waals surface area contributed by atoms with Gasteiger partial charge in [0, 0.05) is 12.2 Å². The van der Waals surface area contributed by atoms with E-state index < -0.39 is 0 Å². The van der Waals surface area contributed by atoms with Crippen molar-refractivity contribution < 1.29 is 0 Å². The molecule has 0 bridgehead atoms. The molecular weight excluding hydrogens is 182 g/mol. The van der Waals surface area contributed by atoms with E-state index in [2.05, 4.69) is 49.5 Å². The van der Waals surface area contributed by atoms with Crippen molar-refractivity contribution in [1.29, 1.82) is 0 Å². The maximum Gasteiger partial charge on any atom is 0.0397 e. The molecule has 0 saturated heterocycles. The third-order valence-corrected chi connectivity index (χ3v) is 1.92. The molecule has 0 saturated carbocycles. The predicted molar refractivity (Wildman–Crippen MR) is 68.7 cm³/mol. The van der Waals surface area contributed by atoms with Crippen molar-refractivity contribution in [3.8, 4) is 0 Å². The first-order valence-electron chi connectivity index (χ1n) is 5.77. The molecule has 15 heavy (non-hydrogen) atoms. The van der Waals surface area contributed by atoms with Crippen LogP contribution in [-0.2, 0) is 6.54 Å². The molecule has 0 aliphatic rings. The van der Waals surface area contributed by atoms with Crippen LogP contribution in [0.4, 0.5) is 0 Å². The second-order valence-electron chi connectivity index (χ2n) is 3.13. The van der Waals surface area contributed by atoms with Crippen molar-refractivity contribution in [2.24, 2.45) is 0 Å². The third kappa shape index (κ3) is 6.78. The van der Waals surface area contributed by atoms with Crippen LogP contribution in [0.25, 0.3) is 0 Å². The second kappa shape index (κ2) is 9.32. The summed E-state index contributed by atoms with van der Waals surface area (Å²) in [7, 11) is 0. The Morgan fingerprint density at radius 3 is 2.33 bits per heavy atom. The summed E-state index contributed by atoms with van der Waals surface area (Å²) in [5.74, 6) is 0. The van der Waals surface area contributed by atoms with Gasteiger partial charge in [0.15, 0.2) is 0 Å². The van der Waals surface area contributed by atoms with Gasteiger partial charge < -0.3 is 5.32 Å². The van der Waals surface area contributed by atoms with E-state index in [0.717, 1.165) is 13.0 Å². The molecule has 0 amide bonds. The van der Waals surface area contributed by atoms with Gasteiger partial charge in [-0.05, 0) is 18.9 Å². The SMILES string of the molecule is CC.CC/C=C(\C)NCc1ccccc1. The van der Waals surface area contributed by atoms with Gasteiger partial charge in [0.05, 0.1) is 0 Å². The standard InChI is InChI=1S/C12H17N.C2H6/c1-3-7-11(2)13-10-12-8-5-4-6-9-12;1-2/h4-9,13H,3,10H2,1-2H3;1-2H3/b11-7+;. The summed E-state index contributed by atoms with van der Waals surface area (Å²) in [5.41, 5.74) is 2.58. The molecule has 0 atom stereocenters. The van der Waals surface area contributed by atoms with Crippen molar-refractivity contribution in [2.45, 2.75) is 40.7 Å². The Morgan fingerprint density at radius 1 is 1.20 bits per heavy atom. The monoisotopic (exact) mass is 205 g/mol. The highest BCUT2D eigenvalue weighted by atomic mass is 14.9. The first kappa shape index (κ1) is 13.8. The van der Waals surface area contributed by atoms with Crippen molar-refractivity contribution in [1.82, 2.24) is 5.32 Å². The predicted octanol–water partition coefficient (Wildman–Crippen LogP) is 4.12.